The smallest absolute Gasteiger partial charge is 0.332 e. The van der Waals surface area contributed by atoms with Gasteiger partial charge in [0.25, 0.3) is 5.56 Å². The number of hydrogen-bond donors (Lipinski definition) is 1. The van der Waals surface area contributed by atoms with Crippen molar-refractivity contribution in [2.75, 3.05) is 13.7 Å². The number of aromatic nitrogens is 2. The molecule has 1 saturated heterocycles. The Kier molecular flexibility index (Phi) is 8.01. The van der Waals surface area contributed by atoms with Crippen LogP contribution in [0, 0.1) is 0 Å². The van der Waals surface area contributed by atoms with Crippen LogP contribution in [0.4, 0.5) is 0 Å². The van der Waals surface area contributed by atoms with Crippen LogP contribution in [0.3, 0.4) is 0 Å². The first-order valence-corrected chi connectivity index (χ1v) is 20.5. The first kappa shape index (κ1) is 32.0. The van der Waals surface area contributed by atoms with Crippen molar-refractivity contribution < 1.29 is 22.0 Å². The summed E-state index contributed by atoms with van der Waals surface area (Å²) in [7, 11) is -5.98. The van der Waals surface area contributed by atoms with Crippen molar-refractivity contribution in [3.63, 3.8) is 0 Å². The van der Waals surface area contributed by atoms with Gasteiger partial charge in [0.15, 0.2) is 22.9 Å². The molecule has 0 radical (unpaired) electrons. The van der Waals surface area contributed by atoms with Gasteiger partial charge >= 0.3 is 5.69 Å². The lowest BCUT2D eigenvalue weighted by Gasteiger charge is -2.46. The third-order valence-electron chi connectivity index (χ3n) is 9.25. The molecule has 2 aliphatic heterocycles. The van der Waals surface area contributed by atoms with Crippen LogP contribution < -0.4 is 17.0 Å². The van der Waals surface area contributed by atoms with Crippen LogP contribution >= 0.6 is 0 Å². The monoisotopic (exact) mass is 602 g/mol. The summed E-state index contributed by atoms with van der Waals surface area (Å²) in [5, 5.41) is 0.681. The normalized spacial score (nSPS) is 28.3. The number of sulfonamides is 1. The van der Waals surface area contributed by atoms with E-state index in [1.807, 2.05) is 13.1 Å². The quantitative estimate of drug-likeness (QED) is 0.491. The topological polar surface area (TPSA) is 135 Å². The Labute approximate surface area is 234 Å². The number of ether oxygens (including phenoxy) is 1. The molecular formula is C25H46N4O7SSi2. The van der Waals surface area contributed by atoms with E-state index in [1.54, 1.807) is 0 Å². The maximum absolute atomic E-state index is 13.3. The molecule has 2 aliphatic rings. The number of nitrogens with zero attached hydrogens (tertiary/aromatic N) is 3. The zero-order valence-electron chi connectivity index (χ0n) is 25.4. The molecule has 11 nitrogen and oxygen atoms in total. The molecule has 222 valence electrons. The molecule has 39 heavy (non-hydrogen) atoms. The number of rotatable bonds is 6. The van der Waals surface area contributed by atoms with Crippen LogP contribution in [-0.2, 0) is 30.7 Å². The summed E-state index contributed by atoms with van der Waals surface area (Å²) in [6, 6.07) is 1.27. The first-order chi connectivity index (χ1) is 17.4. The van der Waals surface area contributed by atoms with Crippen LogP contribution in [-0.4, -0.2) is 69.9 Å². The maximum atomic E-state index is 13.3. The zero-order chi connectivity index (χ0) is 30.1. The average Bonchev–Trinajstić information content (AvgIpc) is 3.16. The predicted octanol–water partition coefficient (Wildman–Crippen LogP) is 2.67. The standard InChI is InChI=1S/C25H46N4O7SSi2/c1-23(2,3)38(9,10)34-15-18-25(17(26)16-37(32,33)28(25)8)20(36-39(11,12)24(4,5)6)21(35-18)29-14-13-19(30)27(7)22(29)31/h13-14,16,18,20-21H,15,26H2,1-12H3/t18-,20+,21-,25-/m1/s1. The van der Waals surface area contributed by atoms with Gasteiger partial charge in [-0.3, -0.25) is 13.9 Å². The van der Waals surface area contributed by atoms with Crippen LogP contribution in [0.5, 0.6) is 0 Å². The largest absolute Gasteiger partial charge is 0.414 e. The van der Waals surface area contributed by atoms with Crippen molar-refractivity contribution in [1.82, 2.24) is 13.4 Å². The Morgan fingerprint density at radius 2 is 1.56 bits per heavy atom. The molecule has 3 rings (SSSR count). The SMILES string of the molecule is CN1[C@]2(C(N)=CS1(=O)=O)[C@@H](CO[Si](C)(C)C(C)(C)C)O[C@@H](n1ccc(=O)n(C)c1=O)[C@@H]2O[Si](C)(C)C(C)(C)C. The number of likely N-dealkylation sites (N-methyl/N-ethyl adjacent to an activating group) is 1. The van der Waals surface area contributed by atoms with Gasteiger partial charge in [0.05, 0.1) is 12.0 Å². The summed E-state index contributed by atoms with van der Waals surface area (Å²) in [4.78, 5) is 25.5. The number of hydrogen-bond acceptors (Lipinski definition) is 8. The molecule has 1 aromatic rings. The van der Waals surface area contributed by atoms with Gasteiger partial charge < -0.3 is 19.3 Å². The molecule has 0 amide bonds. The minimum atomic E-state index is -3.92. The van der Waals surface area contributed by atoms with E-state index in [0.29, 0.717) is 0 Å². The molecule has 2 N–H and O–H groups in total. The lowest BCUT2D eigenvalue weighted by molar-refractivity contribution is -0.0511. The lowest BCUT2D eigenvalue weighted by Crippen LogP contribution is -2.64. The summed E-state index contributed by atoms with van der Waals surface area (Å²) in [5.74, 6) is 0. The Morgan fingerprint density at radius 1 is 1.03 bits per heavy atom. The van der Waals surface area contributed by atoms with Crippen molar-refractivity contribution in [1.29, 1.82) is 0 Å². The van der Waals surface area contributed by atoms with Crippen LogP contribution in [0.15, 0.2) is 33.0 Å². The molecular weight excluding hydrogens is 557 g/mol. The summed E-state index contributed by atoms with van der Waals surface area (Å²) in [5.41, 5.74) is 4.13. The minimum absolute atomic E-state index is 0.0409. The third kappa shape index (κ3) is 5.17. The molecule has 14 heteroatoms. The van der Waals surface area contributed by atoms with Crippen molar-refractivity contribution in [3.05, 3.63) is 44.2 Å². The molecule has 3 heterocycles. The highest BCUT2D eigenvalue weighted by Crippen LogP contribution is 2.52. The fourth-order valence-corrected chi connectivity index (χ4v) is 8.20. The van der Waals surface area contributed by atoms with E-state index in [-0.39, 0.29) is 22.4 Å². The molecule has 1 fully saturated rings. The zero-order valence-corrected chi connectivity index (χ0v) is 28.2. The molecule has 1 aromatic heterocycles. The van der Waals surface area contributed by atoms with E-state index in [9.17, 15) is 18.0 Å². The molecule has 0 unspecified atom stereocenters. The van der Waals surface area contributed by atoms with Gasteiger partial charge in [-0.15, -0.1) is 0 Å². The van der Waals surface area contributed by atoms with E-state index in [1.165, 1.54) is 35.2 Å². The maximum Gasteiger partial charge on any atom is 0.332 e. The summed E-state index contributed by atoms with van der Waals surface area (Å²) < 4.78 is 50.1. The average molecular weight is 603 g/mol. The van der Waals surface area contributed by atoms with Crippen LogP contribution in [0.2, 0.25) is 36.3 Å². The highest BCUT2D eigenvalue weighted by molar-refractivity contribution is 7.92. The lowest BCUT2D eigenvalue weighted by atomic mass is 9.85. The van der Waals surface area contributed by atoms with Crippen molar-refractivity contribution >= 4 is 26.7 Å². The Hall–Kier alpha value is -1.56. The van der Waals surface area contributed by atoms with Crippen LogP contribution in [0.25, 0.3) is 0 Å². The van der Waals surface area contributed by atoms with Gasteiger partial charge in [-0.1, -0.05) is 41.5 Å². The summed E-state index contributed by atoms with van der Waals surface area (Å²) >= 11 is 0. The molecule has 0 aliphatic carbocycles. The summed E-state index contributed by atoms with van der Waals surface area (Å²) in [6.07, 6.45) is -1.60. The van der Waals surface area contributed by atoms with E-state index in [2.05, 4.69) is 54.6 Å². The molecule has 0 aromatic carbocycles. The summed E-state index contributed by atoms with van der Waals surface area (Å²) in [6.45, 7) is 20.9. The fraction of sp³-hybridized carbons (Fsp3) is 0.760. The Morgan fingerprint density at radius 3 is 2.03 bits per heavy atom. The van der Waals surface area contributed by atoms with E-state index < -0.39 is 61.9 Å². The van der Waals surface area contributed by atoms with E-state index >= 15 is 0 Å². The molecule has 1 spiro atoms. The fourth-order valence-electron chi connectivity index (χ4n) is 4.50. The van der Waals surface area contributed by atoms with Gasteiger partial charge in [0.2, 0.25) is 10.0 Å². The minimum Gasteiger partial charge on any atom is -0.414 e. The highest BCUT2D eigenvalue weighted by atomic mass is 32.2. The molecule has 4 atom stereocenters. The van der Waals surface area contributed by atoms with Crippen molar-refractivity contribution in [2.24, 2.45) is 12.8 Å². The molecule has 0 saturated carbocycles. The first-order valence-electron chi connectivity index (χ1n) is 13.1. The second kappa shape index (κ2) is 9.77. The van der Waals surface area contributed by atoms with E-state index in [4.69, 9.17) is 19.3 Å². The van der Waals surface area contributed by atoms with Crippen molar-refractivity contribution in [3.8, 4) is 0 Å². The predicted molar refractivity (Wildman–Crippen MR) is 157 cm³/mol. The second-order valence-corrected chi connectivity index (χ2v) is 25.1. The Bertz CT molecular complexity index is 1370. The van der Waals surface area contributed by atoms with Gasteiger partial charge in [0, 0.05) is 32.1 Å². The van der Waals surface area contributed by atoms with E-state index in [0.717, 1.165) is 9.98 Å². The van der Waals surface area contributed by atoms with Crippen molar-refractivity contribution in [2.45, 2.75) is 102 Å². The molecule has 0 bridgehead atoms. The van der Waals surface area contributed by atoms with Gasteiger partial charge in [0.1, 0.15) is 17.7 Å². The third-order valence-corrected chi connectivity index (χ3v) is 19.8. The second-order valence-electron chi connectivity index (χ2n) is 13.7. The number of nitrogens with two attached hydrogens (primary N) is 1. The van der Waals surface area contributed by atoms with Gasteiger partial charge in [-0.2, -0.15) is 4.31 Å². The van der Waals surface area contributed by atoms with Crippen LogP contribution in [0.1, 0.15) is 47.8 Å². The highest BCUT2D eigenvalue weighted by Gasteiger charge is 2.68. The van der Waals surface area contributed by atoms with Gasteiger partial charge in [-0.05, 0) is 36.3 Å². The van der Waals surface area contributed by atoms with Gasteiger partial charge in [-0.25, -0.2) is 13.2 Å². The Balaban J connectivity index is 2.29.